The minimum absolute atomic E-state index is 0.137. The van der Waals surface area contributed by atoms with Crippen LogP contribution in [0.3, 0.4) is 0 Å². The highest BCUT2D eigenvalue weighted by molar-refractivity contribution is 5.90. The Morgan fingerprint density at radius 2 is 1.44 bits per heavy atom. The van der Waals surface area contributed by atoms with Gasteiger partial charge in [-0.25, -0.2) is 4.79 Å². The van der Waals surface area contributed by atoms with Crippen LogP contribution in [0.5, 0.6) is 11.5 Å². The van der Waals surface area contributed by atoms with Crippen molar-refractivity contribution in [2.45, 2.75) is 97.3 Å². The Bertz CT molecular complexity index is 1260. The van der Waals surface area contributed by atoms with E-state index < -0.39 is 11.4 Å². The third-order valence-corrected chi connectivity index (χ3v) is 10.0. The number of carbonyl (C=O) groups is 2. The number of carbonyl (C=O) groups excluding carboxylic acids is 2. The Hall–Kier alpha value is -2.96. The molecule has 0 atom stereocenters. The molecule has 0 N–H and O–H groups in total. The first-order valence-corrected chi connectivity index (χ1v) is 17.0. The number of rotatable bonds is 14. The highest BCUT2D eigenvalue weighted by atomic mass is 16.5. The predicted molar refractivity (Wildman–Crippen MR) is 179 cm³/mol. The molecule has 0 amide bonds. The maximum absolute atomic E-state index is 12.8. The Morgan fingerprint density at radius 3 is 2.04 bits per heavy atom. The first kappa shape index (κ1) is 34.9. The third kappa shape index (κ3) is 9.52. The maximum Gasteiger partial charge on any atom is 0.341 e. The molecule has 0 unspecified atom stereocenters. The molecule has 2 aliphatic rings. The monoisotopic (exact) mass is 618 g/mol. The molecule has 246 valence electrons. The van der Waals surface area contributed by atoms with Crippen molar-refractivity contribution in [2.75, 3.05) is 27.4 Å². The van der Waals surface area contributed by atoms with Crippen molar-refractivity contribution in [3.8, 4) is 22.6 Å². The molecule has 0 aromatic heterocycles. The molecule has 2 aromatic rings. The lowest BCUT2D eigenvalue weighted by atomic mass is 9.68. The van der Waals surface area contributed by atoms with Gasteiger partial charge in [-0.15, -0.1) is 0 Å². The zero-order valence-electron chi connectivity index (χ0n) is 28.2. The van der Waals surface area contributed by atoms with Gasteiger partial charge in [-0.1, -0.05) is 63.8 Å². The van der Waals surface area contributed by atoms with Gasteiger partial charge < -0.3 is 18.9 Å². The van der Waals surface area contributed by atoms with Gasteiger partial charge >= 0.3 is 11.9 Å². The van der Waals surface area contributed by atoms with Crippen LogP contribution in [0.1, 0.15) is 103 Å². The van der Waals surface area contributed by atoms with Crippen molar-refractivity contribution in [3.63, 3.8) is 0 Å². The molecule has 0 aliphatic heterocycles. The molecule has 0 saturated heterocycles. The summed E-state index contributed by atoms with van der Waals surface area (Å²) < 4.78 is 21.8. The number of benzene rings is 2. The van der Waals surface area contributed by atoms with Gasteiger partial charge in [0.15, 0.2) is 0 Å². The Balaban J connectivity index is 1.48. The number of hydrogen-bond donors (Lipinski definition) is 0. The van der Waals surface area contributed by atoms with Crippen molar-refractivity contribution in [3.05, 3.63) is 60.2 Å². The van der Waals surface area contributed by atoms with Crippen molar-refractivity contribution >= 4 is 11.9 Å². The molecule has 0 spiro atoms. The van der Waals surface area contributed by atoms with Crippen LogP contribution in [0.4, 0.5) is 0 Å². The average Bonchev–Trinajstić information content (AvgIpc) is 3.05. The van der Waals surface area contributed by atoms with Gasteiger partial charge in [-0.3, -0.25) is 4.79 Å². The topological polar surface area (TPSA) is 71.1 Å². The van der Waals surface area contributed by atoms with Crippen LogP contribution < -0.4 is 9.47 Å². The van der Waals surface area contributed by atoms with E-state index >= 15 is 0 Å². The fraction of sp³-hybridized carbons (Fsp3) is 0.590. The second kappa shape index (κ2) is 16.6. The SMILES string of the molecule is C=C(COC)C(=O)Oc1ccc(-c2ccc(OC(=O)C(C)(C)COC)cc2)cc1C1CCC(C2CCC(CCCC)CC2)CC1. The number of ether oxygens (including phenoxy) is 4. The van der Waals surface area contributed by atoms with Gasteiger partial charge in [0.2, 0.25) is 0 Å². The summed E-state index contributed by atoms with van der Waals surface area (Å²) >= 11 is 0. The summed E-state index contributed by atoms with van der Waals surface area (Å²) in [5, 5.41) is 0. The maximum atomic E-state index is 12.8. The van der Waals surface area contributed by atoms with E-state index in [1.165, 1.54) is 57.8 Å². The molecule has 2 fully saturated rings. The van der Waals surface area contributed by atoms with Crippen molar-refractivity contribution in [2.24, 2.45) is 23.2 Å². The van der Waals surface area contributed by atoms with Crippen LogP contribution in [-0.2, 0) is 19.1 Å². The fourth-order valence-corrected chi connectivity index (χ4v) is 7.27. The molecular formula is C39H54O6. The van der Waals surface area contributed by atoms with Crippen molar-refractivity contribution < 1.29 is 28.5 Å². The van der Waals surface area contributed by atoms with Crippen LogP contribution in [0.2, 0.25) is 0 Å². The first-order chi connectivity index (χ1) is 21.6. The van der Waals surface area contributed by atoms with E-state index in [0.29, 0.717) is 23.0 Å². The lowest BCUT2D eigenvalue weighted by molar-refractivity contribution is -0.146. The van der Waals surface area contributed by atoms with Crippen molar-refractivity contribution in [1.82, 2.24) is 0 Å². The van der Waals surface area contributed by atoms with E-state index in [9.17, 15) is 9.59 Å². The summed E-state index contributed by atoms with van der Waals surface area (Å²) in [6.45, 7) is 10.2. The van der Waals surface area contributed by atoms with Gasteiger partial charge in [-0.2, -0.15) is 0 Å². The second-order valence-electron chi connectivity index (χ2n) is 13.9. The summed E-state index contributed by atoms with van der Waals surface area (Å²) in [5.41, 5.74) is 2.67. The van der Waals surface area contributed by atoms with Crippen LogP contribution in [-0.4, -0.2) is 39.4 Å². The largest absolute Gasteiger partial charge is 0.426 e. The molecule has 45 heavy (non-hydrogen) atoms. The molecule has 6 heteroatoms. The van der Waals surface area contributed by atoms with E-state index in [1.54, 1.807) is 28.1 Å². The zero-order valence-corrected chi connectivity index (χ0v) is 28.2. The Labute approximate surface area is 270 Å². The van der Waals surface area contributed by atoms with Crippen LogP contribution in [0.25, 0.3) is 11.1 Å². The number of esters is 2. The molecule has 6 nitrogen and oxygen atoms in total. The number of methoxy groups -OCH3 is 2. The number of unbranched alkanes of at least 4 members (excludes halogenated alkanes) is 1. The Kier molecular flexibility index (Phi) is 12.8. The first-order valence-electron chi connectivity index (χ1n) is 17.0. The van der Waals surface area contributed by atoms with Gasteiger partial charge in [0, 0.05) is 14.2 Å². The molecule has 2 saturated carbocycles. The van der Waals surface area contributed by atoms with Crippen LogP contribution in [0, 0.1) is 23.2 Å². The van der Waals surface area contributed by atoms with Crippen molar-refractivity contribution in [1.29, 1.82) is 0 Å². The van der Waals surface area contributed by atoms with Crippen LogP contribution in [0.15, 0.2) is 54.6 Å². The molecular weight excluding hydrogens is 564 g/mol. The van der Waals surface area contributed by atoms with E-state index in [-0.39, 0.29) is 19.2 Å². The molecule has 0 bridgehead atoms. The smallest absolute Gasteiger partial charge is 0.341 e. The van der Waals surface area contributed by atoms with Gasteiger partial charge in [0.05, 0.1) is 24.2 Å². The minimum Gasteiger partial charge on any atom is -0.426 e. The fourth-order valence-electron chi connectivity index (χ4n) is 7.27. The summed E-state index contributed by atoms with van der Waals surface area (Å²) in [5.74, 6) is 3.23. The molecule has 2 aromatic carbocycles. The molecule has 0 radical (unpaired) electrons. The summed E-state index contributed by atoms with van der Waals surface area (Å²) in [6.07, 6.45) is 14.3. The second-order valence-corrected chi connectivity index (χ2v) is 13.9. The zero-order chi connectivity index (χ0) is 32.4. The predicted octanol–water partition coefficient (Wildman–Crippen LogP) is 9.31. The van der Waals surface area contributed by atoms with E-state index in [1.807, 2.05) is 36.4 Å². The molecule has 4 rings (SSSR count). The van der Waals surface area contributed by atoms with E-state index in [2.05, 4.69) is 19.6 Å². The normalized spacial score (nSPS) is 22.1. The van der Waals surface area contributed by atoms with Gasteiger partial charge in [-0.05, 0) is 117 Å². The van der Waals surface area contributed by atoms with Gasteiger partial charge in [0.1, 0.15) is 11.5 Å². The standard InChI is InChI=1S/C39H54O6/c1-7-8-9-28-10-12-29(13-11-28)30-14-16-32(17-15-30)35-24-33(20-23-36(35)45-37(40)27(2)25-42-5)31-18-21-34(22-19-31)44-38(41)39(3,4)26-43-6/h18-24,28-30,32H,2,7-17,25-26H2,1,3-6H3. The highest BCUT2D eigenvalue weighted by Crippen LogP contribution is 2.46. The summed E-state index contributed by atoms with van der Waals surface area (Å²) in [6, 6.07) is 13.6. The minimum atomic E-state index is -0.739. The highest BCUT2D eigenvalue weighted by Gasteiger charge is 2.33. The summed E-state index contributed by atoms with van der Waals surface area (Å²) in [4.78, 5) is 25.5. The quantitative estimate of drug-likeness (QED) is 0.119. The lowest BCUT2D eigenvalue weighted by Gasteiger charge is -2.38. The van der Waals surface area contributed by atoms with Gasteiger partial charge in [0.25, 0.3) is 0 Å². The average molecular weight is 619 g/mol. The van der Waals surface area contributed by atoms with E-state index in [4.69, 9.17) is 18.9 Å². The Morgan fingerprint density at radius 1 is 0.822 bits per heavy atom. The van der Waals surface area contributed by atoms with E-state index in [0.717, 1.165) is 47.3 Å². The summed E-state index contributed by atoms with van der Waals surface area (Å²) in [7, 11) is 3.12. The lowest BCUT2D eigenvalue weighted by Crippen LogP contribution is -2.33. The number of hydrogen-bond acceptors (Lipinski definition) is 6. The molecule has 0 heterocycles. The molecule has 2 aliphatic carbocycles. The third-order valence-electron chi connectivity index (χ3n) is 10.0. The van der Waals surface area contributed by atoms with Crippen LogP contribution >= 0.6 is 0 Å².